The van der Waals surface area contributed by atoms with Crippen molar-refractivity contribution in [2.75, 3.05) is 13.2 Å². The van der Waals surface area contributed by atoms with E-state index in [1.165, 1.54) is 117 Å². The summed E-state index contributed by atoms with van der Waals surface area (Å²) in [7, 11) is -0.172. The summed E-state index contributed by atoms with van der Waals surface area (Å²) < 4.78 is 12.2. The maximum Gasteiger partial charge on any atom is 0.166 e. The molecule has 3 aromatic rings. The monoisotopic (exact) mass is 603 g/mol. The van der Waals surface area contributed by atoms with Crippen LogP contribution >= 0.6 is 0 Å². The molecule has 0 unspecified atom stereocenters. The lowest BCUT2D eigenvalue weighted by Crippen LogP contribution is -2.05. The average molecular weight is 604 g/mol. The van der Waals surface area contributed by atoms with Crippen molar-refractivity contribution in [2.24, 2.45) is 0 Å². The molecule has 3 aromatic carbocycles. The van der Waals surface area contributed by atoms with Crippen LogP contribution in [-0.4, -0.2) is 13.2 Å². The molecule has 0 saturated carbocycles. The second-order valence-electron chi connectivity index (χ2n) is 11.9. The number of unbranched alkanes of at least 4 members (excludes halogenated alkanes) is 16. The van der Waals surface area contributed by atoms with Gasteiger partial charge in [0.05, 0.1) is 24.1 Å². The summed E-state index contributed by atoms with van der Waals surface area (Å²) in [6.45, 7) is 6.17. The highest BCUT2D eigenvalue weighted by Crippen LogP contribution is 2.33. The molecular formula is C40H59O2S+. The van der Waals surface area contributed by atoms with Crippen LogP contribution in [0.15, 0.2) is 93.5 Å². The topological polar surface area (TPSA) is 18.5 Å². The molecule has 0 spiro atoms. The van der Waals surface area contributed by atoms with Crippen molar-refractivity contribution < 1.29 is 9.47 Å². The third-order valence-corrected chi connectivity index (χ3v) is 10.4. The number of hydrogen-bond donors (Lipinski definition) is 0. The Morgan fingerprint density at radius 1 is 0.372 bits per heavy atom. The molecule has 0 radical (unpaired) electrons. The Bertz CT molecular complexity index is 981. The Labute approximate surface area is 267 Å². The maximum atomic E-state index is 6.10. The summed E-state index contributed by atoms with van der Waals surface area (Å²) in [5.41, 5.74) is 0. The summed E-state index contributed by atoms with van der Waals surface area (Å²) in [5, 5.41) is 0. The van der Waals surface area contributed by atoms with E-state index in [1.54, 1.807) is 0 Å². The summed E-state index contributed by atoms with van der Waals surface area (Å²) >= 11 is 0. The summed E-state index contributed by atoms with van der Waals surface area (Å²) in [4.78, 5) is 3.95. The first-order chi connectivity index (χ1) is 21.3. The first kappa shape index (κ1) is 35.1. The third kappa shape index (κ3) is 14.8. The van der Waals surface area contributed by atoms with Gasteiger partial charge in [0, 0.05) is 0 Å². The SMILES string of the molecule is CCCCCCCCCCCOc1ccc([S+](c2ccccc2)c2ccc(OCCCCCCCCCCC)cc2)cc1. The largest absolute Gasteiger partial charge is 0.494 e. The smallest absolute Gasteiger partial charge is 0.166 e. The Hall–Kier alpha value is -2.39. The fourth-order valence-electron chi connectivity index (χ4n) is 5.51. The van der Waals surface area contributed by atoms with Gasteiger partial charge in [0.25, 0.3) is 0 Å². The van der Waals surface area contributed by atoms with Gasteiger partial charge in [-0.15, -0.1) is 0 Å². The summed E-state index contributed by atoms with van der Waals surface area (Å²) in [6.07, 6.45) is 24.0. The van der Waals surface area contributed by atoms with Crippen LogP contribution in [0.5, 0.6) is 11.5 Å². The zero-order chi connectivity index (χ0) is 30.2. The molecule has 0 heterocycles. The van der Waals surface area contributed by atoms with Crippen molar-refractivity contribution >= 4 is 10.9 Å². The molecule has 3 rings (SSSR count). The van der Waals surface area contributed by atoms with Crippen LogP contribution in [0.3, 0.4) is 0 Å². The zero-order valence-electron chi connectivity index (χ0n) is 27.4. The predicted molar refractivity (Wildman–Crippen MR) is 187 cm³/mol. The number of hydrogen-bond acceptors (Lipinski definition) is 2. The van der Waals surface area contributed by atoms with E-state index >= 15 is 0 Å². The minimum absolute atomic E-state index is 0.172. The highest BCUT2D eigenvalue weighted by atomic mass is 32.2. The first-order valence-electron chi connectivity index (χ1n) is 17.6. The Balaban J connectivity index is 1.43. The standard InChI is InChI=1S/C40H59O2S/c1-3-5-7-9-11-13-15-17-22-34-41-36-26-30-39(31-27-36)43(38-24-20-19-21-25-38)40-32-28-37(29-33-40)42-35-23-18-16-14-12-10-8-6-4-2/h19-21,24-33H,3-18,22-23,34-35H2,1-2H3/q+1. The van der Waals surface area contributed by atoms with Gasteiger partial charge in [-0.05, 0) is 73.5 Å². The Morgan fingerprint density at radius 2 is 0.698 bits per heavy atom. The molecule has 0 aliphatic carbocycles. The van der Waals surface area contributed by atoms with E-state index in [-0.39, 0.29) is 10.9 Å². The number of benzene rings is 3. The van der Waals surface area contributed by atoms with Crippen molar-refractivity contribution in [1.29, 1.82) is 0 Å². The molecule has 0 saturated heterocycles. The molecule has 0 fully saturated rings. The lowest BCUT2D eigenvalue weighted by atomic mass is 10.1. The fraction of sp³-hybridized carbons (Fsp3) is 0.550. The second-order valence-corrected chi connectivity index (χ2v) is 13.9. The molecule has 0 aliphatic heterocycles. The lowest BCUT2D eigenvalue weighted by molar-refractivity contribution is 0.304. The minimum Gasteiger partial charge on any atom is -0.494 e. The molecule has 0 aromatic heterocycles. The summed E-state index contributed by atoms with van der Waals surface area (Å²) in [5.74, 6) is 1.94. The van der Waals surface area contributed by atoms with Crippen LogP contribution in [0, 0.1) is 0 Å². The Morgan fingerprint density at radius 3 is 1.07 bits per heavy atom. The molecule has 0 N–H and O–H groups in total. The van der Waals surface area contributed by atoms with Gasteiger partial charge >= 0.3 is 0 Å². The van der Waals surface area contributed by atoms with Crippen molar-refractivity contribution in [3.63, 3.8) is 0 Å². The van der Waals surface area contributed by atoms with E-state index < -0.39 is 0 Å². The van der Waals surface area contributed by atoms with Gasteiger partial charge in [0.2, 0.25) is 0 Å². The van der Waals surface area contributed by atoms with E-state index in [0.717, 1.165) is 37.6 Å². The molecule has 0 atom stereocenters. The average Bonchev–Trinajstić information content (AvgIpc) is 3.05. The highest BCUT2D eigenvalue weighted by molar-refractivity contribution is 7.97. The zero-order valence-corrected chi connectivity index (χ0v) is 28.2. The quantitative estimate of drug-likeness (QED) is 0.0708. The van der Waals surface area contributed by atoms with Crippen LogP contribution in [0.1, 0.15) is 129 Å². The van der Waals surface area contributed by atoms with Gasteiger partial charge in [-0.1, -0.05) is 135 Å². The van der Waals surface area contributed by atoms with Crippen LogP contribution in [0.4, 0.5) is 0 Å². The predicted octanol–water partition coefficient (Wildman–Crippen LogP) is 12.6. The van der Waals surface area contributed by atoms with E-state index in [4.69, 9.17) is 9.47 Å². The summed E-state index contributed by atoms with van der Waals surface area (Å²) in [6, 6.07) is 28.4. The van der Waals surface area contributed by atoms with Crippen LogP contribution < -0.4 is 9.47 Å². The van der Waals surface area contributed by atoms with Gasteiger partial charge in [0.1, 0.15) is 11.5 Å². The molecule has 0 bridgehead atoms. The molecule has 0 aliphatic rings. The molecule has 2 nitrogen and oxygen atoms in total. The van der Waals surface area contributed by atoms with E-state index in [2.05, 4.69) is 92.7 Å². The van der Waals surface area contributed by atoms with Gasteiger partial charge in [-0.25, -0.2) is 0 Å². The normalized spacial score (nSPS) is 11.2. The molecule has 43 heavy (non-hydrogen) atoms. The third-order valence-electron chi connectivity index (χ3n) is 8.13. The molecule has 3 heteroatoms. The highest BCUT2D eigenvalue weighted by Gasteiger charge is 2.28. The molecule has 236 valence electrons. The van der Waals surface area contributed by atoms with Gasteiger partial charge in [-0.3, -0.25) is 0 Å². The van der Waals surface area contributed by atoms with Gasteiger partial charge in [0.15, 0.2) is 14.7 Å². The molecular weight excluding hydrogens is 545 g/mol. The van der Waals surface area contributed by atoms with Gasteiger partial charge in [-0.2, -0.15) is 0 Å². The number of ether oxygens (including phenoxy) is 2. The van der Waals surface area contributed by atoms with Crippen molar-refractivity contribution in [2.45, 2.75) is 144 Å². The second kappa shape index (κ2) is 23.1. The first-order valence-corrected chi connectivity index (χ1v) is 18.8. The van der Waals surface area contributed by atoms with Crippen molar-refractivity contribution in [3.8, 4) is 11.5 Å². The van der Waals surface area contributed by atoms with E-state index in [9.17, 15) is 0 Å². The van der Waals surface area contributed by atoms with E-state index in [0.29, 0.717) is 0 Å². The lowest BCUT2D eigenvalue weighted by Gasteiger charge is -2.11. The Kier molecular flexibility index (Phi) is 18.8. The van der Waals surface area contributed by atoms with Crippen molar-refractivity contribution in [1.82, 2.24) is 0 Å². The van der Waals surface area contributed by atoms with E-state index in [1.807, 2.05) is 0 Å². The van der Waals surface area contributed by atoms with Crippen LogP contribution in [0.2, 0.25) is 0 Å². The maximum absolute atomic E-state index is 6.10. The van der Waals surface area contributed by atoms with Crippen LogP contribution in [-0.2, 0) is 10.9 Å². The fourth-order valence-corrected chi connectivity index (χ4v) is 7.58. The molecule has 0 amide bonds. The van der Waals surface area contributed by atoms with Crippen LogP contribution in [0.25, 0.3) is 0 Å². The minimum atomic E-state index is -0.172. The number of rotatable bonds is 25. The van der Waals surface area contributed by atoms with Gasteiger partial charge < -0.3 is 9.47 Å². The van der Waals surface area contributed by atoms with Crippen molar-refractivity contribution in [3.05, 3.63) is 78.9 Å².